The van der Waals surface area contributed by atoms with Gasteiger partial charge < -0.3 is 4.74 Å². The van der Waals surface area contributed by atoms with Crippen molar-refractivity contribution in [3.8, 4) is 0 Å². The van der Waals surface area contributed by atoms with Crippen LogP contribution in [-0.4, -0.2) is 42.5 Å². The molecule has 0 saturated carbocycles. The number of piperidine rings is 1. The molecular formula is C13H25NO2. The highest BCUT2D eigenvalue weighted by molar-refractivity contribution is 5.75. The summed E-state index contributed by atoms with van der Waals surface area (Å²) in [6, 6.07) is 1.16. The molecule has 1 aliphatic heterocycles. The lowest BCUT2D eigenvalue weighted by molar-refractivity contribution is -0.118. The van der Waals surface area contributed by atoms with Crippen molar-refractivity contribution in [2.45, 2.75) is 58.5 Å². The van der Waals surface area contributed by atoms with Gasteiger partial charge in [0.1, 0.15) is 5.78 Å². The number of nitrogens with zero attached hydrogens (tertiary/aromatic N) is 1. The lowest BCUT2D eigenvalue weighted by atomic mass is 10.0. The fourth-order valence-corrected chi connectivity index (χ4v) is 2.32. The van der Waals surface area contributed by atoms with Gasteiger partial charge in [0.25, 0.3) is 0 Å². The number of carbonyl (C=O) groups excluding carboxylic acids is 1. The highest BCUT2D eigenvalue weighted by Gasteiger charge is 2.24. The summed E-state index contributed by atoms with van der Waals surface area (Å²) in [6.07, 6.45) is 4.40. The average Bonchev–Trinajstić information content (AvgIpc) is 2.24. The zero-order valence-electron chi connectivity index (χ0n) is 10.9. The van der Waals surface area contributed by atoms with Gasteiger partial charge in [-0.15, -0.1) is 0 Å². The normalized spacial score (nSPS) is 22.6. The summed E-state index contributed by atoms with van der Waals surface area (Å²) in [6.45, 7) is 8.66. The van der Waals surface area contributed by atoms with E-state index < -0.39 is 0 Å². The molecule has 1 aliphatic rings. The van der Waals surface area contributed by atoms with Crippen LogP contribution >= 0.6 is 0 Å². The molecule has 0 aromatic rings. The van der Waals surface area contributed by atoms with Crippen molar-refractivity contribution in [1.82, 2.24) is 4.90 Å². The average molecular weight is 227 g/mol. The van der Waals surface area contributed by atoms with E-state index in [4.69, 9.17) is 4.74 Å². The molecule has 1 saturated heterocycles. The molecule has 0 spiro atoms. The number of carbonyl (C=O) groups is 1. The first-order chi connectivity index (χ1) is 7.61. The number of likely N-dealkylation sites (tertiary alicyclic amines) is 1. The van der Waals surface area contributed by atoms with Gasteiger partial charge in [-0.05, 0) is 40.2 Å². The van der Waals surface area contributed by atoms with Gasteiger partial charge in [0.2, 0.25) is 0 Å². The maximum atomic E-state index is 10.8. The minimum absolute atomic E-state index is 0.212. The van der Waals surface area contributed by atoms with E-state index in [0.29, 0.717) is 25.1 Å². The summed E-state index contributed by atoms with van der Waals surface area (Å²) < 4.78 is 5.60. The van der Waals surface area contributed by atoms with E-state index in [1.807, 2.05) is 0 Å². The monoisotopic (exact) mass is 227 g/mol. The molecule has 0 bridgehead atoms. The molecule has 0 aromatic carbocycles. The predicted octanol–water partition coefficient (Wildman–Crippen LogP) is 2.25. The van der Waals surface area contributed by atoms with Crippen molar-refractivity contribution < 1.29 is 9.53 Å². The van der Waals surface area contributed by atoms with Gasteiger partial charge >= 0.3 is 0 Å². The Morgan fingerprint density at radius 2 is 2.19 bits per heavy atom. The van der Waals surface area contributed by atoms with Gasteiger partial charge in [-0.1, -0.05) is 6.42 Å². The number of hydrogen-bond acceptors (Lipinski definition) is 3. The number of ether oxygens (including phenoxy) is 1. The van der Waals surface area contributed by atoms with E-state index in [9.17, 15) is 4.79 Å². The van der Waals surface area contributed by atoms with Gasteiger partial charge in [-0.2, -0.15) is 0 Å². The largest absolute Gasteiger partial charge is 0.379 e. The van der Waals surface area contributed by atoms with Crippen LogP contribution in [0.2, 0.25) is 0 Å². The van der Waals surface area contributed by atoms with Crippen molar-refractivity contribution in [1.29, 1.82) is 0 Å². The number of Topliss-reactive ketones (excluding diaryl/α,β-unsaturated/α-hetero) is 1. The highest BCUT2D eigenvalue weighted by atomic mass is 16.5. The number of ketones is 1. The van der Waals surface area contributed by atoms with Crippen LogP contribution in [0.15, 0.2) is 0 Å². The fourth-order valence-electron chi connectivity index (χ4n) is 2.32. The number of hydrogen-bond donors (Lipinski definition) is 0. The van der Waals surface area contributed by atoms with Gasteiger partial charge in [-0.3, -0.25) is 9.69 Å². The maximum absolute atomic E-state index is 10.8. The Kier molecular flexibility index (Phi) is 5.99. The van der Waals surface area contributed by atoms with E-state index in [0.717, 1.165) is 6.61 Å². The Morgan fingerprint density at radius 1 is 1.44 bits per heavy atom. The Hall–Kier alpha value is -0.410. The van der Waals surface area contributed by atoms with Crippen LogP contribution in [0.4, 0.5) is 0 Å². The van der Waals surface area contributed by atoms with Crippen molar-refractivity contribution >= 4 is 5.78 Å². The van der Waals surface area contributed by atoms with Crippen LogP contribution in [0, 0.1) is 0 Å². The topological polar surface area (TPSA) is 29.5 Å². The lowest BCUT2D eigenvalue weighted by Crippen LogP contribution is -2.46. The Balaban J connectivity index is 2.24. The molecule has 1 rings (SSSR count). The standard InChI is InChI=1S/C13H25NO2/c1-11(2)14-8-5-4-6-13(14)10-16-9-7-12(3)15/h11,13H,4-10H2,1-3H3/t13-/m1/s1. The van der Waals surface area contributed by atoms with E-state index >= 15 is 0 Å². The van der Waals surface area contributed by atoms with Crippen molar-refractivity contribution in [2.75, 3.05) is 19.8 Å². The third-order valence-corrected chi connectivity index (χ3v) is 3.24. The van der Waals surface area contributed by atoms with Gasteiger partial charge in [0.05, 0.1) is 13.2 Å². The third kappa shape index (κ3) is 4.62. The Labute approximate surface area is 99.1 Å². The van der Waals surface area contributed by atoms with E-state index in [1.165, 1.54) is 25.8 Å². The van der Waals surface area contributed by atoms with Crippen LogP contribution in [0.25, 0.3) is 0 Å². The first kappa shape index (κ1) is 13.7. The second-order valence-corrected chi connectivity index (χ2v) is 5.01. The maximum Gasteiger partial charge on any atom is 0.132 e. The van der Waals surface area contributed by atoms with Crippen LogP contribution in [-0.2, 0) is 9.53 Å². The first-order valence-electron chi connectivity index (χ1n) is 6.44. The summed E-state index contributed by atoms with van der Waals surface area (Å²) in [4.78, 5) is 13.3. The lowest BCUT2D eigenvalue weighted by Gasteiger charge is -2.38. The molecule has 94 valence electrons. The summed E-state index contributed by atoms with van der Waals surface area (Å²) in [7, 11) is 0. The van der Waals surface area contributed by atoms with Gasteiger partial charge in [-0.25, -0.2) is 0 Å². The summed E-state index contributed by atoms with van der Waals surface area (Å²) in [5.41, 5.74) is 0. The van der Waals surface area contributed by atoms with E-state index in [1.54, 1.807) is 6.92 Å². The molecule has 0 aromatic heterocycles. The molecule has 0 unspecified atom stereocenters. The van der Waals surface area contributed by atoms with E-state index in [-0.39, 0.29) is 5.78 Å². The van der Waals surface area contributed by atoms with Crippen LogP contribution < -0.4 is 0 Å². The molecule has 0 amide bonds. The van der Waals surface area contributed by atoms with E-state index in [2.05, 4.69) is 18.7 Å². The molecular weight excluding hydrogens is 202 g/mol. The Bertz CT molecular complexity index is 216. The summed E-state index contributed by atoms with van der Waals surface area (Å²) >= 11 is 0. The zero-order valence-corrected chi connectivity index (χ0v) is 10.9. The van der Waals surface area contributed by atoms with Crippen molar-refractivity contribution in [3.05, 3.63) is 0 Å². The fraction of sp³-hybridized carbons (Fsp3) is 0.923. The quantitative estimate of drug-likeness (QED) is 0.652. The highest BCUT2D eigenvalue weighted by Crippen LogP contribution is 2.19. The molecule has 3 heteroatoms. The molecule has 3 nitrogen and oxygen atoms in total. The zero-order chi connectivity index (χ0) is 12.0. The summed E-state index contributed by atoms with van der Waals surface area (Å²) in [5, 5.41) is 0. The SMILES string of the molecule is CC(=O)CCOC[C@H]1CCCCN1C(C)C. The molecule has 16 heavy (non-hydrogen) atoms. The second kappa shape index (κ2) is 7.02. The third-order valence-electron chi connectivity index (χ3n) is 3.24. The first-order valence-corrected chi connectivity index (χ1v) is 6.44. The molecule has 0 radical (unpaired) electrons. The van der Waals surface area contributed by atoms with Crippen LogP contribution in [0.3, 0.4) is 0 Å². The molecule has 1 atom stereocenters. The molecule has 0 N–H and O–H groups in total. The smallest absolute Gasteiger partial charge is 0.132 e. The molecule has 1 heterocycles. The minimum Gasteiger partial charge on any atom is -0.379 e. The minimum atomic E-state index is 0.212. The summed E-state index contributed by atoms with van der Waals surface area (Å²) in [5.74, 6) is 0.212. The van der Waals surface area contributed by atoms with Gasteiger partial charge in [0.15, 0.2) is 0 Å². The van der Waals surface area contributed by atoms with Crippen LogP contribution in [0.5, 0.6) is 0 Å². The van der Waals surface area contributed by atoms with Gasteiger partial charge in [0, 0.05) is 18.5 Å². The Morgan fingerprint density at radius 3 is 2.81 bits per heavy atom. The molecule has 0 aliphatic carbocycles. The van der Waals surface area contributed by atoms with Crippen molar-refractivity contribution in [2.24, 2.45) is 0 Å². The van der Waals surface area contributed by atoms with Crippen LogP contribution in [0.1, 0.15) is 46.5 Å². The predicted molar refractivity (Wildman–Crippen MR) is 65.6 cm³/mol. The second-order valence-electron chi connectivity index (χ2n) is 5.01. The number of rotatable bonds is 6. The molecule has 1 fully saturated rings. The van der Waals surface area contributed by atoms with Crippen molar-refractivity contribution in [3.63, 3.8) is 0 Å².